The number of nitrogens with zero attached hydrogens (tertiary/aromatic N) is 2. The average Bonchev–Trinajstić information content (AvgIpc) is 2.45. The van der Waals surface area contributed by atoms with E-state index in [4.69, 9.17) is 4.98 Å². The van der Waals surface area contributed by atoms with Gasteiger partial charge in [-0.15, -0.1) is 0 Å². The first kappa shape index (κ1) is 14.5. The molecule has 3 nitrogen and oxygen atoms in total. The van der Waals surface area contributed by atoms with Crippen LogP contribution in [0, 0.1) is 6.92 Å². The molecular weight excluding hydrogens is 246 g/mol. The standard InChI is InChI=1S/C17H23N3/c1-13(2)18-12-15-9-7-11-17(19-15)20(4)16-10-6-5-8-14(16)3/h5-11,13,18H,12H2,1-4H3. The molecule has 1 aromatic heterocycles. The molecule has 0 bridgehead atoms. The number of aryl methyl sites for hydroxylation is 1. The summed E-state index contributed by atoms with van der Waals surface area (Å²) in [6, 6.07) is 15.0. The van der Waals surface area contributed by atoms with Gasteiger partial charge in [-0.05, 0) is 30.7 Å². The third kappa shape index (κ3) is 3.58. The van der Waals surface area contributed by atoms with Gasteiger partial charge in [0.05, 0.1) is 5.69 Å². The van der Waals surface area contributed by atoms with E-state index < -0.39 is 0 Å². The Labute approximate surface area is 121 Å². The number of aromatic nitrogens is 1. The lowest BCUT2D eigenvalue weighted by Crippen LogP contribution is -2.23. The van der Waals surface area contributed by atoms with Crippen molar-refractivity contribution in [3.05, 3.63) is 53.7 Å². The molecule has 20 heavy (non-hydrogen) atoms. The fourth-order valence-electron chi connectivity index (χ4n) is 2.12. The largest absolute Gasteiger partial charge is 0.329 e. The number of hydrogen-bond acceptors (Lipinski definition) is 3. The zero-order valence-electron chi connectivity index (χ0n) is 12.7. The van der Waals surface area contributed by atoms with Gasteiger partial charge in [0.1, 0.15) is 5.82 Å². The second-order valence-corrected chi connectivity index (χ2v) is 5.37. The van der Waals surface area contributed by atoms with Crippen molar-refractivity contribution in [3.8, 4) is 0 Å². The van der Waals surface area contributed by atoms with E-state index in [9.17, 15) is 0 Å². The Bertz CT molecular complexity index is 564. The number of para-hydroxylation sites is 1. The number of nitrogens with one attached hydrogen (secondary N) is 1. The predicted octanol–water partition coefficient (Wildman–Crippen LogP) is 3.66. The summed E-state index contributed by atoms with van der Waals surface area (Å²) in [5, 5.41) is 3.40. The van der Waals surface area contributed by atoms with Crippen LogP contribution < -0.4 is 10.2 Å². The van der Waals surface area contributed by atoms with E-state index in [0.29, 0.717) is 6.04 Å². The second kappa shape index (κ2) is 6.53. The molecule has 0 atom stereocenters. The molecular formula is C17H23N3. The molecule has 0 unspecified atom stereocenters. The number of hydrogen-bond donors (Lipinski definition) is 1. The van der Waals surface area contributed by atoms with Gasteiger partial charge in [0, 0.05) is 25.3 Å². The Balaban J connectivity index is 2.20. The first-order valence-corrected chi connectivity index (χ1v) is 7.06. The maximum absolute atomic E-state index is 4.73. The van der Waals surface area contributed by atoms with Gasteiger partial charge >= 0.3 is 0 Å². The third-order valence-electron chi connectivity index (χ3n) is 3.30. The van der Waals surface area contributed by atoms with Crippen LogP contribution in [0.4, 0.5) is 11.5 Å². The highest BCUT2D eigenvalue weighted by Gasteiger charge is 2.08. The van der Waals surface area contributed by atoms with E-state index in [1.165, 1.54) is 11.3 Å². The van der Waals surface area contributed by atoms with Gasteiger partial charge in [0.15, 0.2) is 0 Å². The Hall–Kier alpha value is -1.87. The van der Waals surface area contributed by atoms with Gasteiger partial charge < -0.3 is 10.2 Å². The maximum atomic E-state index is 4.73. The highest BCUT2D eigenvalue weighted by molar-refractivity contribution is 5.62. The third-order valence-corrected chi connectivity index (χ3v) is 3.30. The molecule has 1 N–H and O–H groups in total. The van der Waals surface area contributed by atoms with Crippen LogP contribution >= 0.6 is 0 Å². The molecule has 2 aromatic rings. The molecule has 1 heterocycles. The van der Waals surface area contributed by atoms with Crippen molar-refractivity contribution in [2.24, 2.45) is 0 Å². The minimum Gasteiger partial charge on any atom is -0.329 e. The van der Waals surface area contributed by atoms with E-state index in [2.05, 4.69) is 74.4 Å². The van der Waals surface area contributed by atoms with Crippen LogP contribution in [0.3, 0.4) is 0 Å². The molecule has 0 saturated heterocycles. The van der Waals surface area contributed by atoms with E-state index >= 15 is 0 Å². The fourth-order valence-corrected chi connectivity index (χ4v) is 2.12. The fraction of sp³-hybridized carbons (Fsp3) is 0.353. The zero-order valence-corrected chi connectivity index (χ0v) is 12.7. The summed E-state index contributed by atoms with van der Waals surface area (Å²) in [7, 11) is 2.06. The highest BCUT2D eigenvalue weighted by atomic mass is 15.2. The SMILES string of the molecule is Cc1ccccc1N(C)c1cccc(CNC(C)C)n1. The number of benzene rings is 1. The minimum atomic E-state index is 0.467. The molecule has 0 aliphatic carbocycles. The summed E-state index contributed by atoms with van der Waals surface area (Å²) in [6.07, 6.45) is 0. The first-order chi connectivity index (χ1) is 9.58. The summed E-state index contributed by atoms with van der Waals surface area (Å²) in [5.41, 5.74) is 3.51. The number of rotatable bonds is 5. The molecule has 106 valence electrons. The summed E-state index contributed by atoms with van der Waals surface area (Å²) >= 11 is 0. The number of anilines is 2. The molecule has 0 spiro atoms. The van der Waals surface area contributed by atoms with Crippen LogP contribution in [-0.2, 0) is 6.54 Å². The summed E-state index contributed by atoms with van der Waals surface area (Å²) in [5.74, 6) is 0.974. The van der Waals surface area contributed by atoms with E-state index in [1.54, 1.807) is 0 Å². The van der Waals surface area contributed by atoms with Crippen LogP contribution in [0.2, 0.25) is 0 Å². The average molecular weight is 269 g/mol. The lowest BCUT2D eigenvalue weighted by atomic mass is 10.2. The Morgan fingerprint density at radius 1 is 1.10 bits per heavy atom. The van der Waals surface area contributed by atoms with Crippen LogP contribution in [0.1, 0.15) is 25.1 Å². The van der Waals surface area contributed by atoms with Crippen molar-refractivity contribution in [1.82, 2.24) is 10.3 Å². The van der Waals surface area contributed by atoms with Crippen molar-refractivity contribution in [2.45, 2.75) is 33.4 Å². The number of pyridine rings is 1. The molecule has 0 aliphatic rings. The Morgan fingerprint density at radius 2 is 1.85 bits per heavy atom. The highest BCUT2D eigenvalue weighted by Crippen LogP contribution is 2.24. The van der Waals surface area contributed by atoms with Crippen molar-refractivity contribution in [2.75, 3.05) is 11.9 Å². The predicted molar refractivity (Wildman–Crippen MR) is 85.5 cm³/mol. The lowest BCUT2D eigenvalue weighted by molar-refractivity contribution is 0.581. The second-order valence-electron chi connectivity index (χ2n) is 5.37. The van der Waals surface area contributed by atoms with Gasteiger partial charge in [-0.2, -0.15) is 0 Å². The first-order valence-electron chi connectivity index (χ1n) is 7.06. The molecule has 3 heteroatoms. The molecule has 0 aliphatic heterocycles. The minimum absolute atomic E-state index is 0.467. The quantitative estimate of drug-likeness (QED) is 0.898. The van der Waals surface area contributed by atoms with Crippen LogP contribution in [0.15, 0.2) is 42.5 Å². The van der Waals surface area contributed by atoms with Gasteiger partial charge in [-0.1, -0.05) is 38.1 Å². The zero-order chi connectivity index (χ0) is 14.5. The van der Waals surface area contributed by atoms with Crippen LogP contribution in [-0.4, -0.2) is 18.1 Å². The maximum Gasteiger partial charge on any atom is 0.133 e. The molecule has 0 fully saturated rings. The van der Waals surface area contributed by atoms with Crippen molar-refractivity contribution in [1.29, 1.82) is 0 Å². The van der Waals surface area contributed by atoms with Crippen LogP contribution in [0.25, 0.3) is 0 Å². The van der Waals surface area contributed by atoms with E-state index in [-0.39, 0.29) is 0 Å². The Morgan fingerprint density at radius 3 is 2.55 bits per heavy atom. The summed E-state index contributed by atoms with van der Waals surface area (Å²) in [4.78, 5) is 6.86. The lowest BCUT2D eigenvalue weighted by Gasteiger charge is -2.21. The van der Waals surface area contributed by atoms with E-state index in [1.807, 2.05) is 6.07 Å². The van der Waals surface area contributed by atoms with Gasteiger partial charge in [0.25, 0.3) is 0 Å². The van der Waals surface area contributed by atoms with Gasteiger partial charge in [-0.3, -0.25) is 0 Å². The van der Waals surface area contributed by atoms with E-state index in [0.717, 1.165) is 18.1 Å². The van der Waals surface area contributed by atoms with Gasteiger partial charge in [-0.25, -0.2) is 4.98 Å². The van der Waals surface area contributed by atoms with Crippen molar-refractivity contribution < 1.29 is 0 Å². The topological polar surface area (TPSA) is 28.2 Å². The normalized spacial score (nSPS) is 10.8. The smallest absolute Gasteiger partial charge is 0.133 e. The van der Waals surface area contributed by atoms with Crippen LogP contribution in [0.5, 0.6) is 0 Å². The monoisotopic (exact) mass is 269 g/mol. The van der Waals surface area contributed by atoms with Gasteiger partial charge in [0.2, 0.25) is 0 Å². The molecule has 2 rings (SSSR count). The van der Waals surface area contributed by atoms with Crippen molar-refractivity contribution in [3.63, 3.8) is 0 Å². The molecule has 0 saturated carbocycles. The molecule has 0 amide bonds. The Kier molecular flexibility index (Phi) is 4.74. The van der Waals surface area contributed by atoms with Crippen molar-refractivity contribution >= 4 is 11.5 Å². The molecule has 0 radical (unpaired) electrons. The molecule has 1 aromatic carbocycles. The summed E-state index contributed by atoms with van der Waals surface area (Å²) in [6.45, 7) is 7.20. The summed E-state index contributed by atoms with van der Waals surface area (Å²) < 4.78 is 0.